The SMILES string of the molecule is CCCCCC=CCC=CCCCCCCCCOCC(CN1CCCCC1)OCCOCCOCCNC(=O)O[C@H]1CC[C@@]2(C)C(=CC[C@H]3[C@@H]4CC[C@H]([C@H](C)CCCC(C)C)[C@@]4(C)CC[C@@H]32)C1. The number of ether oxygens (including phenoxy) is 5. The molecule has 5 rings (SSSR count). The van der Waals surface area contributed by atoms with Gasteiger partial charge in [0.25, 0.3) is 0 Å². The van der Waals surface area contributed by atoms with Crippen molar-refractivity contribution in [3.63, 3.8) is 0 Å². The van der Waals surface area contributed by atoms with Crippen LogP contribution in [0.1, 0.15) is 208 Å². The summed E-state index contributed by atoms with van der Waals surface area (Å²) in [6, 6.07) is 0. The summed E-state index contributed by atoms with van der Waals surface area (Å²) < 4.78 is 30.1. The lowest BCUT2D eigenvalue weighted by Gasteiger charge is -2.58. The number of carbonyl (C=O) groups excluding carboxylic acids is 1. The lowest BCUT2D eigenvalue weighted by molar-refractivity contribution is -0.0583. The Morgan fingerprint density at radius 3 is 2.24 bits per heavy atom. The number of alkyl carbamates (subject to hydrolysis) is 1. The fourth-order valence-electron chi connectivity index (χ4n) is 13.8. The van der Waals surface area contributed by atoms with Crippen LogP contribution in [0.4, 0.5) is 4.79 Å². The average Bonchev–Trinajstić information content (AvgIpc) is 3.69. The smallest absolute Gasteiger partial charge is 0.407 e. The molecule has 8 nitrogen and oxygen atoms in total. The standard InChI is InChI=1S/C60H106N2O6/c1-7-8-9-10-11-12-13-14-15-16-17-18-19-20-21-25-40-66-48-53(47-62-38-23-22-24-39-62)67-45-44-65-43-42-64-41-37-61-58(63)68-52-33-35-59(5)51(46-52)29-30-54-56-32-31-55(50(4)28-26-27-49(2)3)60(56,6)36-34-57(54)59/h11-12,14-15,29,49-50,52-57H,7-10,13,16-28,30-48H2,1-6H3,(H,61,63)/t50-,52+,53?,54+,55-,56+,57+,59+,60-/m1/s1. The zero-order chi connectivity index (χ0) is 48.3. The van der Waals surface area contributed by atoms with Gasteiger partial charge in [0.2, 0.25) is 0 Å². The number of likely N-dealkylation sites (tertiary alicyclic amines) is 1. The maximum absolute atomic E-state index is 12.9. The van der Waals surface area contributed by atoms with E-state index in [-0.39, 0.29) is 23.7 Å². The maximum atomic E-state index is 12.9. The van der Waals surface area contributed by atoms with Crippen molar-refractivity contribution in [1.29, 1.82) is 0 Å². The molecule has 1 unspecified atom stereocenters. The Morgan fingerprint density at radius 2 is 1.47 bits per heavy atom. The topological polar surface area (TPSA) is 78.5 Å². The van der Waals surface area contributed by atoms with E-state index in [1.165, 1.54) is 135 Å². The first-order chi connectivity index (χ1) is 33.1. The molecule has 0 aromatic carbocycles. The number of nitrogens with zero attached hydrogens (tertiary/aromatic N) is 1. The van der Waals surface area contributed by atoms with E-state index in [1.807, 2.05) is 0 Å². The van der Waals surface area contributed by atoms with Crippen LogP contribution in [0.3, 0.4) is 0 Å². The molecule has 392 valence electrons. The number of hydrogen-bond acceptors (Lipinski definition) is 7. The normalized spacial score (nSPS) is 28.4. The largest absolute Gasteiger partial charge is 0.446 e. The van der Waals surface area contributed by atoms with Gasteiger partial charge in [0.1, 0.15) is 6.10 Å². The molecule has 0 radical (unpaired) electrons. The molecule has 4 aliphatic carbocycles. The molecule has 0 bridgehead atoms. The van der Waals surface area contributed by atoms with Gasteiger partial charge in [-0.2, -0.15) is 0 Å². The van der Waals surface area contributed by atoms with Gasteiger partial charge in [0.15, 0.2) is 0 Å². The first kappa shape index (κ1) is 57.2. The zero-order valence-electron chi connectivity index (χ0n) is 45.1. The number of nitrogens with one attached hydrogen (secondary N) is 1. The second-order valence-electron chi connectivity index (χ2n) is 23.2. The molecule has 1 N–H and O–H groups in total. The third-order valence-electron chi connectivity index (χ3n) is 17.7. The molecule has 0 spiro atoms. The van der Waals surface area contributed by atoms with Gasteiger partial charge in [-0.05, 0) is 156 Å². The number of rotatable bonds is 35. The van der Waals surface area contributed by atoms with Crippen LogP contribution >= 0.6 is 0 Å². The Bertz CT molecular complexity index is 1440. The number of unbranched alkanes of at least 4 members (excludes halogenated alkanes) is 9. The number of piperidine rings is 1. The maximum Gasteiger partial charge on any atom is 0.407 e. The van der Waals surface area contributed by atoms with E-state index in [1.54, 1.807) is 5.57 Å². The highest BCUT2D eigenvalue weighted by molar-refractivity contribution is 5.67. The lowest BCUT2D eigenvalue weighted by atomic mass is 9.47. The molecule has 0 aromatic rings. The van der Waals surface area contributed by atoms with Gasteiger partial charge in [0.05, 0.1) is 45.7 Å². The van der Waals surface area contributed by atoms with Gasteiger partial charge in [-0.15, -0.1) is 0 Å². The molecule has 68 heavy (non-hydrogen) atoms. The quantitative estimate of drug-likeness (QED) is 0.0501. The average molecular weight is 952 g/mol. The molecule has 1 aliphatic heterocycles. The molecule has 5 aliphatic rings. The van der Waals surface area contributed by atoms with Crippen molar-refractivity contribution in [1.82, 2.24) is 10.2 Å². The Labute approximate surface area is 418 Å². The Balaban J connectivity index is 0.865. The summed E-state index contributed by atoms with van der Waals surface area (Å²) in [5.74, 6) is 5.03. The van der Waals surface area contributed by atoms with Crippen LogP contribution in [0.15, 0.2) is 36.0 Å². The van der Waals surface area contributed by atoms with Gasteiger partial charge in [-0.3, -0.25) is 0 Å². The zero-order valence-corrected chi connectivity index (χ0v) is 45.1. The van der Waals surface area contributed by atoms with Crippen LogP contribution in [0, 0.1) is 46.3 Å². The summed E-state index contributed by atoms with van der Waals surface area (Å²) >= 11 is 0. The molecule has 9 atom stereocenters. The molecular weight excluding hydrogens is 845 g/mol. The molecule has 3 saturated carbocycles. The van der Waals surface area contributed by atoms with Gasteiger partial charge < -0.3 is 33.9 Å². The third-order valence-corrected chi connectivity index (χ3v) is 17.7. The van der Waals surface area contributed by atoms with E-state index in [2.05, 4.69) is 82.1 Å². The highest BCUT2D eigenvalue weighted by Gasteiger charge is 2.59. The fraction of sp³-hybridized carbons (Fsp3) is 0.883. The summed E-state index contributed by atoms with van der Waals surface area (Å²) in [7, 11) is 0. The van der Waals surface area contributed by atoms with Crippen LogP contribution in [0.5, 0.6) is 0 Å². The van der Waals surface area contributed by atoms with Gasteiger partial charge in [0, 0.05) is 26.1 Å². The van der Waals surface area contributed by atoms with Crippen molar-refractivity contribution in [2.75, 3.05) is 72.4 Å². The molecule has 1 saturated heterocycles. The number of amides is 1. The van der Waals surface area contributed by atoms with Gasteiger partial charge in [-0.25, -0.2) is 4.79 Å². The van der Waals surface area contributed by atoms with E-state index < -0.39 is 0 Å². The van der Waals surface area contributed by atoms with Crippen LogP contribution < -0.4 is 5.32 Å². The number of hydrogen-bond donors (Lipinski definition) is 1. The minimum absolute atomic E-state index is 0.0366. The Kier molecular flexibility index (Phi) is 27.2. The number of fused-ring (bicyclic) bond motifs is 5. The summed E-state index contributed by atoms with van der Waals surface area (Å²) in [5.41, 5.74) is 2.34. The van der Waals surface area contributed by atoms with Crippen LogP contribution in [0.25, 0.3) is 0 Å². The third kappa shape index (κ3) is 19.4. The minimum Gasteiger partial charge on any atom is -0.446 e. The van der Waals surface area contributed by atoms with Crippen molar-refractivity contribution in [3.8, 4) is 0 Å². The van der Waals surface area contributed by atoms with E-state index in [0.29, 0.717) is 51.6 Å². The predicted molar refractivity (Wildman–Crippen MR) is 283 cm³/mol. The highest BCUT2D eigenvalue weighted by Crippen LogP contribution is 2.67. The van der Waals surface area contributed by atoms with Crippen molar-refractivity contribution in [2.45, 2.75) is 221 Å². The molecule has 0 aromatic heterocycles. The minimum atomic E-state index is -0.317. The molecule has 8 heteroatoms. The summed E-state index contributed by atoms with van der Waals surface area (Å²) in [6.07, 6.45) is 44.7. The van der Waals surface area contributed by atoms with Crippen molar-refractivity contribution in [2.24, 2.45) is 46.3 Å². The summed E-state index contributed by atoms with van der Waals surface area (Å²) in [6.45, 7) is 22.5. The van der Waals surface area contributed by atoms with Crippen LogP contribution in [-0.2, 0) is 23.7 Å². The van der Waals surface area contributed by atoms with Crippen LogP contribution in [-0.4, -0.2) is 95.6 Å². The van der Waals surface area contributed by atoms with E-state index in [0.717, 1.165) is 93.9 Å². The first-order valence-electron chi connectivity index (χ1n) is 29.1. The Hall–Kier alpha value is -1.71. The van der Waals surface area contributed by atoms with E-state index in [4.69, 9.17) is 23.7 Å². The fourth-order valence-corrected chi connectivity index (χ4v) is 13.8. The van der Waals surface area contributed by atoms with Crippen LogP contribution in [0.2, 0.25) is 0 Å². The van der Waals surface area contributed by atoms with E-state index >= 15 is 0 Å². The predicted octanol–water partition coefficient (Wildman–Crippen LogP) is 14.9. The summed E-state index contributed by atoms with van der Waals surface area (Å²) in [4.78, 5) is 15.4. The molecular formula is C60H106N2O6. The number of carbonyl (C=O) groups is 1. The second-order valence-corrected chi connectivity index (χ2v) is 23.2. The monoisotopic (exact) mass is 951 g/mol. The van der Waals surface area contributed by atoms with Gasteiger partial charge in [-0.1, -0.05) is 142 Å². The second kappa shape index (κ2) is 32.4. The Morgan fingerprint density at radius 1 is 0.750 bits per heavy atom. The summed E-state index contributed by atoms with van der Waals surface area (Å²) in [5, 5.41) is 2.94. The van der Waals surface area contributed by atoms with Crippen molar-refractivity contribution >= 4 is 6.09 Å². The number of allylic oxidation sites excluding steroid dienone is 5. The van der Waals surface area contributed by atoms with Crippen molar-refractivity contribution in [3.05, 3.63) is 36.0 Å². The molecule has 1 amide bonds. The van der Waals surface area contributed by atoms with E-state index in [9.17, 15) is 4.79 Å². The molecule has 1 heterocycles. The highest BCUT2D eigenvalue weighted by atomic mass is 16.6. The van der Waals surface area contributed by atoms with Gasteiger partial charge >= 0.3 is 6.09 Å². The molecule has 4 fully saturated rings. The first-order valence-corrected chi connectivity index (χ1v) is 29.1. The van der Waals surface area contributed by atoms with Crippen molar-refractivity contribution < 1.29 is 28.5 Å². The lowest BCUT2D eigenvalue weighted by Crippen LogP contribution is -2.51.